The fourth-order valence-electron chi connectivity index (χ4n) is 2.96. The summed E-state index contributed by atoms with van der Waals surface area (Å²) in [5.41, 5.74) is 6.44. The molecule has 1 aliphatic carbocycles. The molecular formula is C17H26ClN3O5S. The predicted molar refractivity (Wildman–Crippen MR) is 104 cm³/mol. The largest absolute Gasteiger partial charge is 0.495 e. The summed E-state index contributed by atoms with van der Waals surface area (Å²) in [6, 6.07) is 3.84. The molecule has 1 saturated carbocycles. The third kappa shape index (κ3) is 5.55. The Hall–Kier alpha value is -1.39. The number of benzene rings is 1. The van der Waals surface area contributed by atoms with Crippen LogP contribution < -0.4 is 20.5 Å². The summed E-state index contributed by atoms with van der Waals surface area (Å²) >= 11 is 0. The van der Waals surface area contributed by atoms with E-state index in [0.717, 1.165) is 25.7 Å². The zero-order valence-corrected chi connectivity index (χ0v) is 16.8. The third-order valence-corrected chi connectivity index (χ3v) is 6.24. The first-order valence-electron chi connectivity index (χ1n) is 8.75. The Morgan fingerprint density at radius 1 is 1.26 bits per heavy atom. The van der Waals surface area contributed by atoms with Crippen molar-refractivity contribution < 1.29 is 22.7 Å². The van der Waals surface area contributed by atoms with Crippen LogP contribution in [0.5, 0.6) is 5.75 Å². The second-order valence-electron chi connectivity index (χ2n) is 6.73. The van der Waals surface area contributed by atoms with Gasteiger partial charge in [0.25, 0.3) is 0 Å². The summed E-state index contributed by atoms with van der Waals surface area (Å²) < 4.78 is 38.1. The quantitative estimate of drug-likeness (QED) is 0.611. The fraction of sp³-hybridized carbons (Fsp3) is 0.588. The van der Waals surface area contributed by atoms with Gasteiger partial charge in [-0.3, -0.25) is 4.79 Å². The van der Waals surface area contributed by atoms with Crippen molar-refractivity contribution in [3.8, 4) is 5.75 Å². The Labute approximate surface area is 165 Å². The number of carbonyl (C=O) groups excluding carboxylic acids is 1. The monoisotopic (exact) mass is 419 g/mol. The average molecular weight is 420 g/mol. The first-order chi connectivity index (χ1) is 12.4. The van der Waals surface area contributed by atoms with Crippen LogP contribution in [0.3, 0.4) is 0 Å². The summed E-state index contributed by atoms with van der Waals surface area (Å²) in [4.78, 5) is 12.4. The van der Waals surface area contributed by atoms with Gasteiger partial charge in [-0.15, -0.1) is 12.4 Å². The molecule has 0 aromatic heterocycles. The molecule has 1 saturated heterocycles. The molecular weight excluding hydrogens is 394 g/mol. The van der Waals surface area contributed by atoms with Gasteiger partial charge in [0.15, 0.2) is 0 Å². The molecule has 1 aliphatic heterocycles. The molecule has 4 N–H and O–H groups in total. The van der Waals surface area contributed by atoms with Crippen molar-refractivity contribution >= 4 is 34.0 Å². The number of methoxy groups -OCH3 is 1. The summed E-state index contributed by atoms with van der Waals surface area (Å²) in [5, 5.41) is 2.72. The molecule has 152 valence electrons. The van der Waals surface area contributed by atoms with Crippen LogP contribution in [0.4, 0.5) is 5.69 Å². The number of sulfonamides is 1. The third-order valence-electron chi connectivity index (χ3n) is 4.70. The molecule has 1 unspecified atom stereocenters. The number of halogens is 1. The molecule has 0 bridgehead atoms. The molecule has 2 fully saturated rings. The smallest absolute Gasteiger partial charge is 0.244 e. The van der Waals surface area contributed by atoms with Gasteiger partial charge in [-0.25, -0.2) is 13.1 Å². The van der Waals surface area contributed by atoms with Crippen molar-refractivity contribution in [1.82, 2.24) is 4.72 Å². The standard InChI is InChI=1S/C17H25N3O5S.ClH/c1-24-14-5-4-13(10-15(14)26(22,23)20-12-2-3-12)19-17(21)16(18)11-6-8-25-9-7-11;/h4-5,10-12,16,20H,2-3,6-9,18H2,1H3,(H,19,21);1H. The highest BCUT2D eigenvalue weighted by molar-refractivity contribution is 7.89. The second kappa shape index (κ2) is 9.20. The lowest BCUT2D eigenvalue weighted by atomic mass is 9.92. The van der Waals surface area contributed by atoms with Gasteiger partial charge >= 0.3 is 0 Å². The van der Waals surface area contributed by atoms with Crippen LogP contribution in [0.15, 0.2) is 23.1 Å². The molecule has 3 rings (SSSR count). The van der Waals surface area contributed by atoms with E-state index in [2.05, 4.69) is 10.0 Å². The molecule has 10 heteroatoms. The van der Waals surface area contributed by atoms with Crippen LogP contribution in [0.25, 0.3) is 0 Å². The number of nitrogens with two attached hydrogens (primary N) is 1. The van der Waals surface area contributed by atoms with Gasteiger partial charge in [-0.2, -0.15) is 0 Å². The maximum absolute atomic E-state index is 12.5. The van der Waals surface area contributed by atoms with E-state index in [9.17, 15) is 13.2 Å². The first kappa shape index (κ1) is 21.9. The zero-order chi connectivity index (χ0) is 18.7. The van der Waals surface area contributed by atoms with Gasteiger partial charge in [-0.1, -0.05) is 0 Å². The Balaban J connectivity index is 0.00000261. The summed E-state index contributed by atoms with van der Waals surface area (Å²) in [6.07, 6.45) is 3.14. The molecule has 0 spiro atoms. The lowest BCUT2D eigenvalue weighted by Gasteiger charge is -2.26. The van der Waals surface area contributed by atoms with E-state index in [1.807, 2.05) is 0 Å². The molecule has 2 aliphatic rings. The topological polar surface area (TPSA) is 120 Å². The van der Waals surface area contributed by atoms with Crippen molar-refractivity contribution in [3.05, 3.63) is 18.2 Å². The Morgan fingerprint density at radius 2 is 1.93 bits per heavy atom. The maximum Gasteiger partial charge on any atom is 0.244 e. The number of ether oxygens (including phenoxy) is 2. The van der Waals surface area contributed by atoms with Gasteiger partial charge < -0.3 is 20.5 Å². The Morgan fingerprint density at radius 3 is 2.52 bits per heavy atom. The average Bonchev–Trinajstić information content (AvgIpc) is 3.45. The molecule has 27 heavy (non-hydrogen) atoms. The maximum atomic E-state index is 12.5. The lowest BCUT2D eigenvalue weighted by Crippen LogP contribution is -2.44. The van der Waals surface area contributed by atoms with Crippen molar-refractivity contribution in [1.29, 1.82) is 0 Å². The Bertz CT molecular complexity index is 764. The molecule has 1 atom stereocenters. The van der Waals surface area contributed by atoms with Crippen molar-refractivity contribution in [3.63, 3.8) is 0 Å². The predicted octanol–water partition coefficient (Wildman–Crippen LogP) is 1.25. The SMILES string of the molecule is COc1ccc(NC(=O)C(N)C2CCOCC2)cc1S(=O)(=O)NC1CC1.Cl. The van der Waals surface area contributed by atoms with Crippen LogP contribution in [-0.4, -0.2) is 46.7 Å². The highest BCUT2D eigenvalue weighted by Gasteiger charge is 2.31. The summed E-state index contributed by atoms with van der Waals surface area (Å²) in [6.45, 7) is 1.20. The van der Waals surface area contributed by atoms with E-state index >= 15 is 0 Å². The number of nitrogens with one attached hydrogen (secondary N) is 2. The number of hydrogen-bond donors (Lipinski definition) is 3. The van der Waals surface area contributed by atoms with Crippen molar-refractivity contribution in [2.75, 3.05) is 25.6 Å². The van der Waals surface area contributed by atoms with Gasteiger partial charge in [0.2, 0.25) is 15.9 Å². The molecule has 0 radical (unpaired) electrons. The number of hydrogen-bond acceptors (Lipinski definition) is 6. The van der Waals surface area contributed by atoms with Crippen LogP contribution >= 0.6 is 12.4 Å². The number of amides is 1. The normalized spacial score (nSPS) is 19.0. The van der Waals surface area contributed by atoms with E-state index in [0.29, 0.717) is 18.9 Å². The lowest BCUT2D eigenvalue weighted by molar-refractivity contribution is -0.119. The minimum Gasteiger partial charge on any atom is -0.495 e. The molecule has 8 nitrogen and oxygen atoms in total. The van der Waals surface area contributed by atoms with E-state index < -0.39 is 16.1 Å². The van der Waals surface area contributed by atoms with Crippen molar-refractivity contribution in [2.45, 2.75) is 42.7 Å². The number of rotatable bonds is 7. The van der Waals surface area contributed by atoms with Gasteiger partial charge in [-0.05, 0) is 49.8 Å². The number of anilines is 1. The fourth-order valence-corrected chi connectivity index (χ4v) is 4.46. The minimum atomic E-state index is -3.71. The van der Waals surface area contributed by atoms with Gasteiger partial charge in [0, 0.05) is 24.9 Å². The van der Waals surface area contributed by atoms with E-state index in [4.69, 9.17) is 15.2 Å². The van der Waals surface area contributed by atoms with Crippen molar-refractivity contribution in [2.24, 2.45) is 11.7 Å². The highest BCUT2D eigenvalue weighted by Crippen LogP contribution is 2.30. The Kier molecular flexibility index (Phi) is 7.47. The molecule has 1 aromatic rings. The van der Waals surface area contributed by atoms with Crippen LogP contribution in [-0.2, 0) is 19.6 Å². The van der Waals surface area contributed by atoms with Gasteiger partial charge in [0.1, 0.15) is 10.6 Å². The second-order valence-corrected chi connectivity index (χ2v) is 8.41. The molecule has 1 heterocycles. The van der Waals surface area contributed by atoms with Crippen LogP contribution in [0.1, 0.15) is 25.7 Å². The molecule has 1 amide bonds. The van der Waals surface area contributed by atoms with E-state index in [1.54, 1.807) is 6.07 Å². The summed E-state index contributed by atoms with van der Waals surface area (Å²) in [7, 11) is -2.31. The summed E-state index contributed by atoms with van der Waals surface area (Å²) in [5.74, 6) is -0.0489. The van der Waals surface area contributed by atoms with Crippen LogP contribution in [0, 0.1) is 5.92 Å². The first-order valence-corrected chi connectivity index (χ1v) is 10.2. The van der Waals surface area contributed by atoms with Crippen LogP contribution in [0.2, 0.25) is 0 Å². The molecule has 1 aromatic carbocycles. The van der Waals surface area contributed by atoms with E-state index in [-0.39, 0.29) is 40.9 Å². The minimum absolute atomic E-state index is 0. The highest BCUT2D eigenvalue weighted by atomic mass is 35.5. The number of carbonyl (C=O) groups is 1. The zero-order valence-electron chi connectivity index (χ0n) is 15.1. The van der Waals surface area contributed by atoms with E-state index in [1.165, 1.54) is 19.2 Å². The van der Waals surface area contributed by atoms with Gasteiger partial charge in [0.05, 0.1) is 13.2 Å².